The zero-order valence-electron chi connectivity index (χ0n) is 11.9. The first-order chi connectivity index (χ1) is 9.20. The van der Waals surface area contributed by atoms with Gasteiger partial charge in [-0.2, -0.15) is 0 Å². The van der Waals surface area contributed by atoms with E-state index in [1.54, 1.807) is 0 Å². The monoisotopic (exact) mass is 258 g/mol. The molecule has 2 rings (SSSR count). The molecule has 1 heterocycles. The fraction of sp³-hybridized carbons (Fsp3) is 0.400. The summed E-state index contributed by atoms with van der Waals surface area (Å²) >= 11 is 0. The summed E-state index contributed by atoms with van der Waals surface area (Å²) in [5.74, 6) is 0.944. The van der Waals surface area contributed by atoms with Crippen LogP contribution in [0.1, 0.15) is 12.1 Å². The van der Waals surface area contributed by atoms with Crippen molar-refractivity contribution in [3.8, 4) is 0 Å². The molecule has 102 valence electrons. The molecule has 19 heavy (non-hydrogen) atoms. The van der Waals surface area contributed by atoms with Gasteiger partial charge in [0.2, 0.25) is 5.95 Å². The summed E-state index contributed by atoms with van der Waals surface area (Å²) in [6, 6.07) is 10.5. The number of hydrogen-bond acceptors (Lipinski definition) is 3. The summed E-state index contributed by atoms with van der Waals surface area (Å²) in [5.41, 5.74) is 2.32. The van der Waals surface area contributed by atoms with Gasteiger partial charge in [-0.05, 0) is 25.5 Å². The van der Waals surface area contributed by atoms with Crippen molar-refractivity contribution in [2.24, 2.45) is 0 Å². The molecule has 4 heteroatoms. The van der Waals surface area contributed by atoms with Gasteiger partial charge in [0.1, 0.15) is 0 Å². The first-order valence-electron chi connectivity index (χ1n) is 6.68. The Hall–Kier alpha value is -1.97. The lowest BCUT2D eigenvalue weighted by Crippen LogP contribution is -2.19. The molecule has 0 unspecified atom stereocenters. The molecule has 0 fully saturated rings. The molecule has 2 aromatic rings. The molecule has 1 aromatic carbocycles. The number of rotatable bonds is 6. The average Bonchev–Trinajstić information content (AvgIpc) is 2.80. The Kier molecular flexibility index (Phi) is 4.44. The van der Waals surface area contributed by atoms with Crippen LogP contribution in [0.25, 0.3) is 0 Å². The van der Waals surface area contributed by atoms with Gasteiger partial charge in [0, 0.05) is 39.1 Å². The van der Waals surface area contributed by atoms with Crippen LogP contribution < -0.4 is 10.2 Å². The predicted octanol–water partition coefficient (Wildman–Crippen LogP) is 2.76. The van der Waals surface area contributed by atoms with E-state index in [1.807, 2.05) is 20.0 Å². The van der Waals surface area contributed by atoms with Gasteiger partial charge >= 0.3 is 0 Å². The highest BCUT2D eigenvalue weighted by Crippen LogP contribution is 2.12. The maximum atomic E-state index is 4.42. The van der Waals surface area contributed by atoms with Gasteiger partial charge in [0.05, 0.1) is 5.69 Å². The van der Waals surface area contributed by atoms with Crippen molar-refractivity contribution in [2.45, 2.75) is 19.9 Å². The fourth-order valence-electron chi connectivity index (χ4n) is 2.21. The van der Waals surface area contributed by atoms with Gasteiger partial charge in [0.25, 0.3) is 0 Å². The minimum Gasteiger partial charge on any atom is -0.375 e. The van der Waals surface area contributed by atoms with Crippen LogP contribution in [-0.4, -0.2) is 30.2 Å². The third kappa shape index (κ3) is 3.50. The lowest BCUT2D eigenvalue weighted by molar-refractivity contribution is 0.643. The zero-order valence-corrected chi connectivity index (χ0v) is 11.9. The molecule has 0 radical (unpaired) electrons. The van der Waals surface area contributed by atoms with Gasteiger partial charge in [-0.25, -0.2) is 4.98 Å². The lowest BCUT2D eigenvalue weighted by atomic mass is 10.3. The quantitative estimate of drug-likeness (QED) is 0.865. The van der Waals surface area contributed by atoms with Gasteiger partial charge < -0.3 is 14.8 Å². The molecular formula is C15H22N4. The van der Waals surface area contributed by atoms with E-state index in [-0.39, 0.29) is 0 Å². The highest BCUT2D eigenvalue weighted by molar-refractivity contribution is 5.44. The standard InChI is InChI=1S/C15H22N4/c1-13-12-19(15(16-2)17-13)11-7-10-18(3)14-8-5-4-6-9-14/h4-6,8-9,12H,7,10-11H2,1-3H3,(H,16,17). The van der Waals surface area contributed by atoms with Gasteiger partial charge in [-0.15, -0.1) is 0 Å². The second-order valence-corrected chi connectivity index (χ2v) is 4.76. The van der Waals surface area contributed by atoms with Crippen molar-refractivity contribution in [3.05, 3.63) is 42.2 Å². The minimum absolute atomic E-state index is 0.944. The number of hydrogen-bond donors (Lipinski definition) is 1. The largest absolute Gasteiger partial charge is 0.375 e. The van der Waals surface area contributed by atoms with Crippen LogP contribution in [0.3, 0.4) is 0 Å². The number of nitrogens with zero attached hydrogens (tertiary/aromatic N) is 3. The Morgan fingerprint density at radius 3 is 2.68 bits per heavy atom. The predicted molar refractivity (Wildman–Crippen MR) is 80.8 cm³/mol. The van der Waals surface area contributed by atoms with E-state index in [0.29, 0.717) is 0 Å². The van der Waals surface area contributed by atoms with Gasteiger partial charge in [0.15, 0.2) is 0 Å². The van der Waals surface area contributed by atoms with Crippen LogP contribution in [0.2, 0.25) is 0 Å². The van der Waals surface area contributed by atoms with Crippen LogP contribution in [0, 0.1) is 6.92 Å². The molecule has 0 saturated carbocycles. The molecule has 4 nitrogen and oxygen atoms in total. The van der Waals surface area contributed by atoms with E-state index in [1.165, 1.54) is 5.69 Å². The van der Waals surface area contributed by atoms with Gasteiger partial charge in [-0.3, -0.25) is 0 Å². The lowest BCUT2D eigenvalue weighted by Gasteiger charge is -2.19. The Morgan fingerprint density at radius 2 is 2.00 bits per heavy atom. The van der Waals surface area contributed by atoms with Crippen molar-refractivity contribution < 1.29 is 0 Å². The molecule has 0 saturated heterocycles. The Morgan fingerprint density at radius 1 is 1.26 bits per heavy atom. The third-order valence-corrected chi connectivity index (χ3v) is 3.21. The number of benzene rings is 1. The molecule has 0 amide bonds. The molecule has 0 aliphatic carbocycles. The molecule has 1 aromatic heterocycles. The van der Waals surface area contributed by atoms with Crippen LogP contribution in [0.4, 0.5) is 11.6 Å². The van der Waals surface area contributed by atoms with E-state index in [4.69, 9.17) is 0 Å². The SMILES string of the molecule is CNc1nc(C)cn1CCCN(C)c1ccccc1. The van der Waals surface area contributed by atoms with E-state index >= 15 is 0 Å². The smallest absolute Gasteiger partial charge is 0.202 e. The molecule has 0 aliphatic rings. The van der Waals surface area contributed by atoms with E-state index in [0.717, 1.165) is 31.2 Å². The van der Waals surface area contributed by atoms with E-state index < -0.39 is 0 Å². The number of imidazole rings is 1. The third-order valence-electron chi connectivity index (χ3n) is 3.21. The average molecular weight is 258 g/mol. The summed E-state index contributed by atoms with van der Waals surface area (Å²) in [5, 5.41) is 3.12. The number of aromatic nitrogens is 2. The first kappa shape index (κ1) is 13.5. The highest BCUT2D eigenvalue weighted by atomic mass is 15.2. The van der Waals surface area contributed by atoms with Crippen molar-refractivity contribution in [1.29, 1.82) is 0 Å². The second-order valence-electron chi connectivity index (χ2n) is 4.76. The van der Waals surface area contributed by atoms with Crippen molar-refractivity contribution in [2.75, 3.05) is 30.9 Å². The Labute approximate surface area is 115 Å². The summed E-state index contributed by atoms with van der Waals surface area (Å²) in [6.45, 7) is 4.03. The Bertz CT molecular complexity index is 504. The number of aryl methyl sites for hydroxylation is 2. The summed E-state index contributed by atoms with van der Waals surface area (Å²) in [6.07, 6.45) is 3.18. The second kappa shape index (κ2) is 6.27. The molecule has 0 spiro atoms. The summed E-state index contributed by atoms with van der Waals surface area (Å²) < 4.78 is 2.17. The maximum absolute atomic E-state index is 4.42. The van der Waals surface area contributed by atoms with Crippen molar-refractivity contribution >= 4 is 11.6 Å². The topological polar surface area (TPSA) is 33.1 Å². The molecular weight excluding hydrogens is 236 g/mol. The molecule has 1 N–H and O–H groups in total. The summed E-state index contributed by atoms with van der Waals surface area (Å²) in [7, 11) is 4.04. The normalized spacial score (nSPS) is 10.5. The van der Waals surface area contributed by atoms with Crippen molar-refractivity contribution in [3.63, 3.8) is 0 Å². The molecule has 0 atom stereocenters. The summed E-state index contributed by atoms with van der Waals surface area (Å²) in [4.78, 5) is 6.70. The number of nitrogens with one attached hydrogen (secondary N) is 1. The van der Waals surface area contributed by atoms with E-state index in [9.17, 15) is 0 Å². The minimum atomic E-state index is 0.944. The Balaban J connectivity index is 1.86. The molecule has 0 aliphatic heterocycles. The van der Waals surface area contributed by atoms with Crippen LogP contribution in [-0.2, 0) is 6.54 Å². The zero-order chi connectivity index (χ0) is 13.7. The van der Waals surface area contributed by atoms with Gasteiger partial charge in [-0.1, -0.05) is 18.2 Å². The van der Waals surface area contributed by atoms with Crippen LogP contribution in [0.15, 0.2) is 36.5 Å². The maximum Gasteiger partial charge on any atom is 0.202 e. The first-order valence-corrected chi connectivity index (χ1v) is 6.68. The van der Waals surface area contributed by atoms with Crippen LogP contribution in [0.5, 0.6) is 0 Å². The van der Waals surface area contributed by atoms with Crippen LogP contribution >= 0.6 is 0 Å². The van der Waals surface area contributed by atoms with E-state index in [2.05, 4.69) is 57.3 Å². The fourth-order valence-corrected chi connectivity index (χ4v) is 2.21. The number of anilines is 2. The highest BCUT2D eigenvalue weighted by Gasteiger charge is 2.04. The number of para-hydroxylation sites is 1. The van der Waals surface area contributed by atoms with Crippen molar-refractivity contribution in [1.82, 2.24) is 9.55 Å². The molecule has 0 bridgehead atoms.